The van der Waals surface area contributed by atoms with Crippen LogP contribution in [0.15, 0.2) is 54.6 Å². The molecule has 0 aromatic heterocycles. The van der Waals surface area contributed by atoms with Crippen LogP contribution in [-0.4, -0.2) is 77.6 Å². The van der Waals surface area contributed by atoms with Crippen molar-refractivity contribution >= 4 is 29.5 Å². The second-order valence-corrected chi connectivity index (χ2v) is 15.2. The summed E-state index contributed by atoms with van der Waals surface area (Å²) in [4.78, 5) is 68.1. The molecule has 2 heterocycles. The Morgan fingerprint density at radius 2 is 1.23 bits per heavy atom. The lowest BCUT2D eigenvalue weighted by molar-refractivity contribution is -0.131. The molecule has 2 aromatic rings. The minimum absolute atomic E-state index is 0.00415. The van der Waals surface area contributed by atoms with Gasteiger partial charge in [-0.25, -0.2) is 0 Å². The van der Waals surface area contributed by atoms with Crippen LogP contribution < -0.4 is 16.4 Å². The molecule has 2 saturated heterocycles. The van der Waals surface area contributed by atoms with E-state index < -0.39 is 17.7 Å². The highest BCUT2D eigenvalue weighted by Crippen LogP contribution is 2.41. The Balaban J connectivity index is 0.996. The van der Waals surface area contributed by atoms with Gasteiger partial charge in [-0.3, -0.25) is 24.0 Å². The number of hydrogen-bond acceptors (Lipinski definition) is 5. The van der Waals surface area contributed by atoms with Gasteiger partial charge in [0.15, 0.2) is 0 Å². The summed E-state index contributed by atoms with van der Waals surface area (Å²) < 4.78 is 0. The summed E-state index contributed by atoms with van der Waals surface area (Å²) >= 11 is 0. The quantitative estimate of drug-likeness (QED) is 0.145. The standard InChI is InChI=1S/C42H59N5O5/c1-2-3-4-5-6-7-8-9-10-11-12-16-19-38(48)44-33-24-25-46(27-33)41(51)31-20-22-32(23-21-31)42(52)47-28-35(39(43)49)36(29-47)40(50)45-37-26-34(37)30-17-14-13-15-18-30/h13-15,17-18,20-23,33-37H,2-12,16,19,24-29H2,1H3,(H2,43,49)(H,44,48)(H,45,50)/t33-,34+,35+,36+,37-/m0/s1. The summed E-state index contributed by atoms with van der Waals surface area (Å²) in [6, 6.07) is 16.4. The fraction of sp³-hybridized carbons (Fsp3) is 0.595. The van der Waals surface area contributed by atoms with Crippen molar-refractivity contribution in [1.29, 1.82) is 0 Å². The molecule has 3 aliphatic rings. The van der Waals surface area contributed by atoms with Crippen molar-refractivity contribution in [2.45, 2.75) is 121 Å². The van der Waals surface area contributed by atoms with Gasteiger partial charge in [-0.2, -0.15) is 0 Å². The molecule has 4 N–H and O–H groups in total. The molecule has 10 heteroatoms. The fourth-order valence-electron chi connectivity index (χ4n) is 7.85. The number of likely N-dealkylation sites (tertiary alicyclic amines) is 2. The lowest BCUT2D eigenvalue weighted by atomic mass is 9.94. The van der Waals surface area contributed by atoms with Crippen molar-refractivity contribution < 1.29 is 24.0 Å². The predicted molar refractivity (Wildman–Crippen MR) is 202 cm³/mol. The first-order valence-corrected chi connectivity index (χ1v) is 19.9. The minimum atomic E-state index is -0.771. The SMILES string of the molecule is CCCCCCCCCCCCCCC(=O)N[C@H]1CCN(C(=O)c2ccc(C(=O)N3C[C@@H](C(N)=O)[C@H](C(=O)N[C@H]4C[C@@H]4c4ccccc4)C3)cc2)C1. The third kappa shape index (κ3) is 11.1. The monoisotopic (exact) mass is 713 g/mol. The number of unbranched alkanes of at least 4 members (excludes halogenated alkanes) is 11. The van der Waals surface area contributed by atoms with E-state index in [2.05, 4.69) is 17.6 Å². The van der Waals surface area contributed by atoms with E-state index in [1.807, 2.05) is 30.3 Å². The van der Waals surface area contributed by atoms with Crippen molar-refractivity contribution in [2.24, 2.45) is 17.6 Å². The first kappa shape index (κ1) is 39.0. The number of nitrogens with zero attached hydrogens (tertiary/aromatic N) is 2. The lowest BCUT2D eigenvalue weighted by Gasteiger charge is -2.18. The Morgan fingerprint density at radius 3 is 1.83 bits per heavy atom. The highest BCUT2D eigenvalue weighted by molar-refractivity contribution is 5.99. The van der Waals surface area contributed by atoms with Crippen molar-refractivity contribution in [1.82, 2.24) is 20.4 Å². The molecule has 5 atom stereocenters. The van der Waals surface area contributed by atoms with E-state index in [-0.39, 0.29) is 54.7 Å². The summed E-state index contributed by atoms with van der Waals surface area (Å²) in [5, 5.41) is 6.18. The molecule has 0 spiro atoms. The average molecular weight is 714 g/mol. The van der Waals surface area contributed by atoms with E-state index in [1.54, 1.807) is 29.2 Å². The minimum Gasteiger partial charge on any atom is -0.369 e. The first-order valence-electron chi connectivity index (χ1n) is 19.9. The molecule has 3 fully saturated rings. The zero-order valence-electron chi connectivity index (χ0n) is 31.0. The predicted octanol–water partition coefficient (Wildman–Crippen LogP) is 5.95. The van der Waals surface area contributed by atoms with E-state index in [0.717, 1.165) is 19.3 Å². The maximum absolute atomic E-state index is 13.4. The third-order valence-electron chi connectivity index (χ3n) is 11.1. The summed E-state index contributed by atoms with van der Waals surface area (Å²) in [5.41, 5.74) is 7.68. The Labute approximate surface area is 309 Å². The normalized spacial score (nSPS) is 22.3. The smallest absolute Gasteiger partial charge is 0.253 e. The summed E-state index contributed by atoms with van der Waals surface area (Å²) in [7, 11) is 0. The highest BCUT2D eigenvalue weighted by Gasteiger charge is 2.46. The lowest BCUT2D eigenvalue weighted by Crippen LogP contribution is -2.40. The molecule has 1 saturated carbocycles. The van der Waals surface area contributed by atoms with Crippen LogP contribution in [0.4, 0.5) is 0 Å². The maximum atomic E-state index is 13.4. The van der Waals surface area contributed by atoms with Gasteiger partial charge in [-0.15, -0.1) is 0 Å². The summed E-state index contributed by atoms with van der Waals surface area (Å²) in [5.74, 6) is -2.50. The Hall–Kier alpha value is -4.21. The van der Waals surface area contributed by atoms with Gasteiger partial charge in [0, 0.05) is 61.7 Å². The largest absolute Gasteiger partial charge is 0.369 e. The molecular weight excluding hydrogens is 654 g/mol. The number of rotatable bonds is 20. The topological polar surface area (TPSA) is 142 Å². The van der Waals surface area contributed by atoms with Crippen molar-refractivity contribution in [3.8, 4) is 0 Å². The number of benzene rings is 2. The van der Waals surface area contributed by atoms with Crippen LogP contribution >= 0.6 is 0 Å². The van der Waals surface area contributed by atoms with Crippen molar-refractivity contribution in [2.75, 3.05) is 26.2 Å². The second-order valence-electron chi connectivity index (χ2n) is 15.2. The number of nitrogens with two attached hydrogens (primary N) is 1. The first-order chi connectivity index (χ1) is 25.2. The molecule has 5 amide bonds. The molecule has 0 radical (unpaired) electrons. The van der Waals surface area contributed by atoms with Crippen LogP contribution in [0, 0.1) is 11.8 Å². The number of carbonyl (C=O) groups is 5. The Morgan fingerprint density at radius 1 is 0.673 bits per heavy atom. The van der Waals surface area contributed by atoms with Gasteiger partial charge in [-0.05, 0) is 49.1 Å². The van der Waals surface area contributed by atoms with Gasteiger partial charge in [0.2, 0.25) is 17.7 Å². The van der Waals surface area contributed by atoms with E-state index in [1.165, 1.54) is 74.7 Å². The number of primary amides is 1. The van der Waals surface area contributed by atoms with Gasteiger partial charge in [0.1, 0.15) is 0 Å². The Kier molecular flexibility index (Phi) is 14.7. The van der Waals surface area contributed by atoms with Gasteiger partial charge in [-0.1, -0.05) is 108 Å². The van der Waals surface area contributed by atoms with Gasteiger partial charge < -0.3 is 26.2 Å². The molecule has 1 aliphatic carbocycles. The van der Waals surface area contributed by atoms with E-state index in [0.29, 0.717) is 37.1 Å². The molecule has 2 aromatic carbocycles. The van der Waals surface area contributed by atoms with Crippen LogP contribution in [-0.2, 0) is 14.4 Å². The number of hydrogen-bond donors (Lipinski definition) is 3. The third-order valence-corrected chi connectivity index (χ3v) is 11.1. The van der Waals surface area contributed by atoms with Crippen molar-refractivity contribution in [3.63, 3.8) is 0 Å². The van der Waals surface area contributed by atoms with Gasteiger partial charge >= 0.3 is 0 Å². The molecule has 5 rings (SSSR count). The molecule has 2 aliphatic heterocycles. The van der Waals surface area contributed by atoms with E-state index in [4.69, 9.17) is 5.73 Å². The zero-order valence-corrected chi connectivity index (χ0v) is 31.0. The van der Waals surface area contributed by atoms with Gasteiger partial charge in [0.05, 0.1) is 11.8 Å². The fourth-order valence-corrected chi connectivity index (χ4v) is 7.85. The number of amides is 5. The van der Waals surface area contributed by atoms with Crippen LogP contribution in [0.1, 0.15) is 135 Å². The molecule has 52 heavy (non-hydrogen) atoms. The van der Waals surface area contributed by atoms with E-state index >= 15 is 0 Å². The molecule has 0 unspecified atom stereocenters. The summed E-state index contributed by atoms with van der Waals surface area (Å²) in [6.45, 7) is 3.44. The number of nitrogens with one attached hydrogen (secondary N) is 2. The van der Waals surface area contributed by atoms with Crippen LogP contribution in [0.25, 0.3) is 0 Å². The van der Waals surface area contributed by atoms with E-state index in [9.17, 15) is 24.0 Å². The summed E-state index contributed by atoms with van der Waals surface area (Å²) in [6.07, 6.45) is 17.2. The second kappa shape index (κ2) is 19.6. The molecular formula is C42H59N5O5. The molecule has 10 nitrogen and oxygen atoms in total. The van der Waals surface area contributed by atoms with Crippen LogP contribution in [0.5, 0.6) is 0 Å². The highest BCUT2D eigenvalue weighted by atomic mass is 16.2. The van der Waals surface area contributed by atoms with Crippen LogP contribution in [0.2, 0.25) is 0 Å². The van der Waals surface area contributed by atoms with Crippen LogP contribution in [0.3, 0.4) is 0 Å². The average Bonchev–Trinajstić information content (AvgIpc) is 3.51. The van der Waals surface area contributed by atoms with Gasteiger partial charge in [0.25, 0.3) is 11.8 Å². The zero-order chi connectivity index (χ0) is 36.9. The number of carbonyl (C=O) groups excluding carboxylic acids is 5. The Bertz CT molecular complexity index is 1500. The molecule has 282 valence electrons. The van der Waals surface area contributed by atoms with Crippen molar-refractivity contribution in [3.05, 3.63) is 71.3 Å². The maximum Gasteiger partial charge on any atom is 0.253 e. The molecule has 0 bridgehead atoms.